The number of aryl methyl sites for hydroxylation is 1. The Morgan fingerprint density at radius 2 is 2.03 bits per heavy atom. The van der Waals surface area contributed by atoms with Crippen molar-refractivity contribution in [1.29, 1.82) is 0 Å². The van der Waals surface area contributed by atoms with Crippen molar-refractivity contribution in [2.24, 2.45) is 0 Å². The summed E-state index contributed by atoms with van der Waals surface area (Å²) in [6, 6.07) is 10.4. The lowest BCUT2D eigenvalue weighted by Crippen LogP contribution is -2.46. The zero-order valence-electron chi connectivity index (χ0n) is 18.3. The number of halogens is 1. The maximum Gasteiger partial charge on any atom is 0.190 e. The lowest BCUT2D eigenvalue weighted by Gasteiger charge is -2.30. The summed E-state index contributed by atoms with van der Waals surface area (Å²) in [5.74, 6) is -0.461. The van der Waals surface area contributed by atoms with Crippen LogP contribution in [0, 0.1) is 12.7 Å². The number of hydrogen-bond donors (Lipinski definition) is 2. The molecule has 172 valence electrons. The van der Waals surface area contributed by atoms with Crippen molar-refractivity contribution in [2.75, 3.05) is 18.4 Å². The second kappa shape index (κ2) is 9.36. The highest BCUT2D eigenvalue weighted by Crippen LogP contribution is 2.37. The van der Waals surface area contributed by atoms with E-state index >= 15 is 0 Å². The molecule has 0 radical (unpaired) electrons. The molecule has 1 aromatic carbocycles. The van der Waals surface area contributed by atoms with E-state index in [-0.39, 0.29) is 12.4 Å². The van der Waals surface area contributed by atoms with Crippen molar-refractivity contribution in [3.05, 3.63) is 59.5 Å². The van der Waals surface area contributed by atoms with E-state index in [0.29, 0.717) is 29.5 Å². The van der Waals surface area contributed by atoms with Gasteiger partial charge in [0.15, 0.2) is 17.2 Å². The highest BCUT2D eigenvalue weighted by atomic mass is 32.1. The smallest absolute Gasteiger partial charge is 0.190 e. The average molecular weight is 462 g/mol. The van der Waals surface area contributed by atoms with Gasteiger partial charge in [-0.3, -0.25) is 0 Å². The second-order valence-corrected chi connectivity index (χ2v) is 8.96. The Balaban J connectivity index is 1.46. The number of aliphatic hydroxyl groups excluding tert-OH is 1. The molecule has 4 atom stereocenters. The number of benzene rings is 1. The summed E-state index contributed by atoms with van der Waals surface area (Å²) >= 11 is 5.63. The van der Waals surface area contributed by atoms with Gasteiger partial charge in [0.1, 0.15) is 29.9 Å². The van der Waals surface area contributed by atoms with Gasteiger partial charge in [0, 0.05) is 19.3 Å². The van der Waals surface area contributed by atoms with Crippen LogP contribution in [0.25, 0.3) is 0 Å². The molecule has 3 heterocycles. The SMILES string of the molecule is Cc1ccc(NC(=S)N(CCc2ccccc2F)C[C@H]2O[C@@H]3OC(C)(C)O[C@@H]3[C@H]2O)nc1. The van der Waals surface area contributed by atoms with Crippen LogP contribution in [0.3, 0.4) is 0 Å². The Bertz CT molecular complexity index is 959. The van der Waals surface area contributed by atoms with E-state index in [1.165, 1.54) is 6.07 Å². The summed E-state index contributed by atoms with van der Waals surface area (Å²) in [7, 11) is 0. The molecular weight excluding hydrogens is 433 g/mol. The van der Waals surface area contributed by atoms with Gasteiger partial charge >= 0.3 is 0 Å². The van der Waals surface area contributed by atoms with E-state index in [1.54, 1.807) is 38.2 Å². The third kappa shape index (κ3) is 5.24. The normalized spacial score (nSPS) is 26.0. The van der Waals surface area contributed by atoms with Crippen LogP contribution in [-0.2, 0) is 20.6 Å². The molecule has 0 amide bonds. The molecule has 2 saturated heterocycles. The van der Waals surface area contributed by atoms with Crippen LogP contribution in [0.15, 0.2) is 42.6 Å². The summed E-state index contributed by atoms with van der Waals surface area (Å²) < 4.78 is 31.6. The van der Waals surface area contributed by atoms with Crippen LogP contribution in [0.5, 0.6) is 0 Å². The molecule has 2 aromatic rings. The molecule has 0 bridgehead atoms. The van der Waals surface area contributed by atoms with Gasteiger partial charge in [-0.2, -0.15) is 0 Å². The molecule has 2 N–H and O–H groups in total. The van der Waals surface area contributed by atoms with E-state index in [0.717, 1.165) is 5.56 Å². The molecule has 1 aromatic heterocycles. The van der Waals surface area contributed by atoms with Crippen molar-refractivity contribution in [2.45, 2.75) is 57.6 Å². The number of anilines is 1. The molecule has 2 aliphatic heterocycles. The summed E-state index contributed by atoms with van der Waals surface area (Å²) in [4.78, 5) is 6.19. The largest absolute Gasteiger partial charge is 0.387 e. The molecule has 9 heteroatoms. The van der Waals surface area contributed by atoms with Gasteiger partial charge < -0.3 is 29.5 Å². The Morgan fingerprint density at radius 1 is 1.25 bits per heavy atom. The Kier molecular flexibility index (Phi) is 6.73. The Hall–Kier alpha value is -2.17. The zero-order chi connectivity index (χ0) is 22.9. The van der Waals surface area contributed by atoms with Gasteiger partial charge in [-0.15, -0.1) is 0 Å². The van der Waals surface area contributed by atoms with Crippen molar-refractivity contribution in [3.63, 3.8) is 0 Å². The minimum Gasteiger partial charge on any atom is -0.387 e. The summed E-state index contributed by atoms with van der Waals surface area (Å²) in [5.41, 5.74) is 1.63. The summed E-state index contributed by atoms with van der Waals surface area (Å²) in [5, 5.41) is 14.3. The van der Waals surface area contributed by atoms with Gasteiger partial charge in [-0.25, -0.2) is 9.37 Å². The topological polar surface area (TPSA) is 76.1 Å². The average Bonchev–Trinajstić information content (AvgIpc) is 3.19. The first kappa shape index (κ1) is 23.0. The maximum absolute atomic E-state index is 14.1. The number of aromatic nitrogens is 1. The van der Waals surface area contributed by atoms with Crippen LogP contribution in [0.1, 0.15) is 25.0 Å². The van der Waals surface area contributed by atoms with Crippen molar-refractivity contribution in [3.8, 4) is 0 Å². The van der Waals surface area contributed by atoms with Crippen molar-refractivity contribution >= 4 is 23.1 Å². The number of aliphatic hydroxyl groups is 1. The van der Waals surface area contributed by atoms with E-state index in [1.807, 2.05) is 24.0 Å². The Labute approximate surface area is 192 Å². The second-order valence-electron chi connectivity index (χ2n) is 8.57. The molecule has 4 rings (SSSR count). The van der Waals surface area contributed by atoms with Gasteiger partial charge in [0.2, 0.25) is 0 Å². The van der Waals surface area contributed by atoms with E-state index in [2.05, 4.69) is 10.3 Å². The lowest BCUT2D eigenvalue weighted by atomic mass is 10.1. The molecule has 0 spiro atoms. The first-order chi connectivity index (χ1) is 15.2. The number of nitrogens with one attached hydrogen (secondary N) is 1. The summed E-state index contributed by atoms with van der Waals surface area (Å²) in [6.07, 6.45) is -0.477. The Morgan fingerprint density at radius 3 is 2.72 bits per heavy atom. The standard InChI is InChI=1S/C23H28FN3O4S/c1-14-8-9-18(25-12-14)26-22(32)27(11-10-15-6-4-5-7-16(15)24)13-17-19(28)20-21(29-17)31-23(2,3)30-20/h4-9,12,17,19-21,28H,10-11,13H2,1-3H3,(H,25,26,32)/t17-,19+,20-,21-/m1/s1. The van der Waals surface area contributed by atoms with Crippen molar-refractivity contribution in [1.82, 2.24) is 9.88 Å². The molecule has 0 saturated carbocycles. The van der Waals surface area contributed by atoms with Crippen LogP contribution in [0.4, 0.5) is 10.2 Å². The molecule has 0 aliphatic carbocycles. The fraction of sp³-hybridized carbons (Fsp3) is 0.478. The zero-order valence-corrected chi connectivity index (χ0v) is 19.1. The molecule has 0 unspecified atom stereocenters. The first-order valence-corrected chi connectivity index (χ1v) is 11.0. The number of ether oxygens (including phenoxy) is 3. The first-order valence-electron chi connectivity index (χ1n) is 10.6. The third-order valence-corrected chi connectivity index (χ3v) is 5.92. The minimum atomic E-state index is -0.877. The molecular formula is C23H28FN3O4S. The number of rotatable bonds is 6. The van der Waals surface area contributed by atoms with E-state index < -0.39 is 30.4 Å². The highest BCUT2D eigenvalue weighted by Gasteiger charge is 2.54. The van der Waals surface area contributed by atoms with Crippen LogP contribution < -0.4 is 5.32 Å². The molecule has 2 aliphatic rings. The number of pyridine rings is 1. The van der Waals surface area contributed by atoms with E-state index in [9.17, 15) is 9.50 Å². The third-order valence-electron chi connectivity index (χ3n) is 5.56. The van der Waals surface area contributed by atoms with Gasteiger partial charge in [-0.1, -0.05) is 24.3 Å². The van der Waals surface area contributed by atoms with Crippen LogP contribution in [0.2, 0.25) is 0 Å². The van der Waals surface area contributed by atoms with Gasteiger partial charge in [0.25, 0.3) is 0 Å². The van der Waals surface area contributed by atoms with Gasteiger partial charge in [0.05, 0.1) is 0 Å². The van der Waals surface area contributed by atoms with Crippen LogP contribution in [-0.4, -0.2) is 63.6 Å². The predicted molar refractivity (Wildman–Crippen MR) is 122 cm³/mol. The quantitative estimate of drug-likeness (QED) is 0.636. The number of hydrogen-bond acceptors (Lipinski definition) is 6. The number of thiocarbonyl (C=S) groups is 1. The number of fused-ring (bicyclic) bond motifs is 1. The van der Waals surface area contributed by atoms with E-state index in [4.69, 9.17) is 26.4 Å². The fourth-order valence-electron chi connectivity index (χ4n) is 3.89. The minimum absolute atomic E-state index is 0.262. The van der Waals surface area contributed by atoms with Crippen molar-refractivity contribution < 1.29 is 23.7 Å². The highest BCUT2D eigenvalue weighted by molar-refractivity contribution is 7.80. The van der Waals surface area contributed by atoms with Gasteiger partial charge in [-0.05, 0) is 62.7 Å². The summed E-state index contributed by atoms with van der Waals surface area (Å²) in [6.45, 7) is 6.23. The lowest BCUT2D eigenvalue weighted by molar-refractivity contribution is -0.215. The maximum atomic E-state index is 14.1. The number of nitrogens with zero attached hydrogens (tertiary/aromatic N) is 2. The molecule has 2 fully saturated rings. The predicted octanol–water partition coefficient (Wildman–Crippen LogP) is 3.01. The molecule has 7 nitrogen and oxygen atoms in total. The molecule has 32 heavy (non-hydrogen) atoms. The fourth-order valence-corrected chi connectivity index (χ4v) is 4.16. The monoisotopic (exact) mass is 461 g/mol. The van der Waals surface area contributed by atoms with Crippen LogP contribution >= 0.6 is 12.2 Å².